The van der Waals surface area contributed by atoms with E-state index in [9.17, 15) is 14.0 Å². The number of hydrogen-bond acceptors (Lipinski definition) is 4. The number of rotatable bonds is 5. The molecular weight excluding hydrogens is 283 g/mol. The lowest BCUT2D eigenvalue weighted by Gasteiger charge is -2.03. The van der Waals surface area contributed by atoms with Gasteiger partial charge >= 0.3 is 5.97 Å². The average Bonchev–Trinajstić information content (AvgIpc) is 2.88. The van der Waals surface area contributed by atoms with Crippen molar-refractivity contribution in [3.63, 3.8) is 0 Å². The molecule has 5 nitrogen and oxygen atoms in total. The minimum absolute atomic E-state index is 0.0987. The number of amides is 1. The molecule has 0 spiro atoms. The molecular formula is C13H11FN2O3S. The quantitative estimate of drug-likeness (QED) is 0.883. The molecule has 1 amide bonds. The molecule has 0 radical (unpaired) electrons. The number of halogens is 1. The Kier molecular flexibility index (Phi) is 4.41. The van der Waals surface area contributed by atoms with Crippen molar-refractivity contribution >= 4 is 23.2 Å². The van der Waals surface area contributed by atoms with E-state index in [1.54, 1.807) is 12.1 Å². The second kappa shape index (κ2) is 6.25. The zero-order valence-electron chi connectivity index (χ0n) is 10.3. The van der Waals surface area contributed by atoms with Gasteiger partial charge in [0.15, 0.2) is 10.7 Å². The highest BCUT2D eigenvalue weighted by Crippen LogP contribution is 2.09. The van der Waals surface area contributed by atoms with Gasteiger partial charge in [-0.05, 0) is 24.1 Å². The van der Waals surface area contributed by atoms with Crippen molar-refractivity contribution in [3.05, 3.63) is 51.7 Å². The molecule has 0 aliphatic carbocycles. The molecule has 0 saturated carbocycles. The number of aromatic nitrogens is 1. The van der Waals surface area contributed by atoms with E-state index >= 15 is 0 Å². The number of carboxylic acid groups (broad SMARTS) is 1. The lowest BCUT2D eigenvalue weighted by molar-refractivity contribution is 0.0691. The third-order valence-electron chi connectivity index (χ3n) is 2.51. The molecule has 2 aromatic rings. The summed E-state index contributed by atoms with van der Waals surface area (Å²) in [6.45, 7) is 0.324. The average molecular weight is 294 g/mol. The van der Waals surface area contributed by atoms with Crippen molar-refractivity contribution in [2.75, 3.05) is 6.54 Å². The minimum Gasteiger partial charge on any atom is -0.476 e. The highest BCUT2D eigenvalue weighted by molar-refractivity contribution is 7.11. The summed E-state index contributed by atoms with van der Waals surface area (Å²) < 4.78 is 12.9. The van der Waals surface area contributed by atoms with Crippen LogP contribution in [-0.2, 0) is 6.42 Å². The van der Waals surface area contributed by atoms with E-state index in [1.165, 1.54) is 17.5 Å². The number of thiazole rings is 1. The second-order valence-electron chi connectivity index (χ2n) is 3.98. The predicted octanol–water partition coefficient (Wildman–Crippen LogP) is 1.95. The number of carbonyl (C=O) groups is 2. The van der Waals surface area contributed by atoms with Crippen LogP contribution in [0.15, 0.2) is 29.6 Å². The Morgan fingerprint density at radius 3 is 2.85 bits per heavy atom. The molecule has 1 aromatic carbocycles. The Bertz CT molecular complexity index is 642. The Balaban J connectivity index is 1.87. The summed E-state index contributed by atoms with van der Waals surface area (Å²) in [7, 11) is 0. The van der Waals surface area contributed by atoms with Crippen LogP contribution in [0.2, 0.25) is 0 Å². The SMILES string of the molecule is O=C(O)c1csc(C(=O)NCCc2cccc(F)c2)n1. The standard InChI is InChI=1S/C13H11FN2O3S/c14-9-3-1-2-8(6-9)4-5-15-11(17)12-16-10(7-20-12)13(18)19/h1-3,6-7H,4-5H2,(H,15,17)(H,18,19). The molecule has 104 valence electrons. The molecule has 20 heavy (non-hydrogen) atoms. The summed E-state index contributed by atoms with van der Waals surface area (Å²) in [6.07, 6.45) is 0.487. The number of carboxylic acids is 1. The first-order chi connectivity index (χ1) is 9.56. The molecule has 2 rings (SSSR count). The van der Waals surface area contributed by atoms with Crippen LogP contribution < -0.4 is 5.32 Å². The number of nitrogens with zero attached hydrogens (tertiary/aromatic N) is 1. The van der Waals surface area contributed by atoms with Gasteiger partial charge in [-0.3, -0.25) is 4.79 Å². The molecule has 0 unspecified atom stereocenters. The first kappa shape index (κ1) is 14.1. The Hall–Kier alpha value is -2.28. The van der Waals surface area contributed by atoms with E-state index < -0.39 is 11.9 Å². The minimum atomic E-state index is -1.17. The zero-order chi connectivity index (χ0) is 14.5. The van der Waals surface area contributed by atoms with E-state index in [4.69, 9.17) is 5.11 Å². The van der Waals surface area contributed by atoms with Crippen molar-refractivity contribution in [2.45, 2.75) is 6.42 Å². The Morgan fingerprint density at radius 2 is 2.20 bits per heavy atom. The first-order valence-corrected chi connectivity index (χ1v) is 6.65. The van der Waals surface area contributed by atoms with Gasteiger partial charge in [0, 0.05) is 11.9 Å². The van der Waals surface area contributed by atoms with Gasteiger partial charge in [0.2, 0.25) is 0 Å². The van der Waals surface area contributed by atoms with Crippen LogP contribution in [0.1, 0.15) is 25.9 Å². The van der Waals surface area contributed by atoms with Gasteiger partial charge in [-0.2, -0.15) is 0 Å². The fourth-order valence-corrected chi connectivity index (χ4v) is 2.27. The van der Waals surface area contributed by atoms with Crippen LogP contribution in [-0.4, -0.2) is 28.5 Å². The van der Waals surface area contributed by atoms with Crippen molar-refractivity contribution in [2.24, 2.45) is 0 Å². The topological polar surface area (TPSA) is 79.3 Å². The maximum atomic E-state index is 12.9. The molecule has 0 aliphatic heterocycles. The highest BCUT2D eigenvalue weighted by atomic mass is 32.1. The summed E-state index contributed by atoms with van der Waals surface area (Å²) in [6, 6.07) is 6.12. The zero-order valence-corrected chi connectivity index (χ0v) is 11.1. The number of aromatic carboxylic acids is 1. The summed E-state index contributed by atoms with van der Waals surface area (Å²) in [5.74, 6) is -1.92. The number of carbonyl (C=O) groups excluding carboxylic acids is 1. The largest absolute Gasteiger partial charge is 0.476 e. The monoisotopic (exact) mass is 294 g/mol. The van der Waals surface area contributed by atoms with Crippen molar-refractivity contribution in [3.8, 4) is 0 Å². The van der Waals surface area contributed by atoms with Gasteiger partial charge in [0.05, 0.1) is 0 Å². The molecule has 7 heteroatoms. The van der Waals surface area contributed by atoms with Crippen molar-refractivity contribution in [1.82, 2.24) is 10.3 Å². The van der Waals surface area contributed by atoms with Crippen molar-refractivity contribution in [1.29, 1.82) is 0 Å². The summed E-state index contributed by atoms with van der Waals surface area (Å²) in [4.78, 5) is 26.0. The molecule has 1 heterocycles. The Morgan fingerprint density at radius 1 is 1.40 bits per heavy atom. The predicted molar refractivity (Wildman–Crippen MR) is 71.5 cm³/mol. The van der Waals surface area contributed by atoms with Gasteiger partial charge in [0.1, 0.15) is 5.82 Å². The van der Waals surface area contributed by atoms with E-state index in [0.717, 1.165) is 16.9 Å². The molecule has 0 fully saturated rings. The molecule has 0 atom stereocenters. The summed E-state index contributed by atoms with van der Waals surface area (Å²) in [5, 5.41) is 12.7. The van der Waals surface area contributed by atoms with Gasteiger partial charge < -0.3 is 10.4 Å². The molecule has 0 saturated heterocycles. The number of benzene rings is 1. The smallest absolute Gasteiger partial charge is 0.355 e. The summed E-state index contributed by atoms with van der Waals surface area (Å²) >= 11 is 0.971. The van der Waals surface area contributed by atoms with Gasteiger partial charge in [-0.1, -0.05) is 12.1 Å². The van der Waals surface area contributed by atoms with Crippen molar-refractivity contribution < 1.29 is 19.1 Å². The maximum Gasteiger partial charge on any atom is 0.355 e. The molecule has 1 aromatic heterocycles. The van der Waals surface area contributed by atoms with Crippen LogP contribution >= 0.6 is 11.3 Å². The molecule has 0 bridgehead atoms. The number of hydrogen-bond donors (Lipinski definition) is 2. The van der Waals surface area contributed by atoms with E-state index in [-0.39, 0.29) is 16.5 Å². The molecule has 0 aliphatic rings. The third-order valence-corrected chi connectivity index (χ3v) is 3.35. The van der Waals surface area contributed by atoms with Gasteiger partial charge in [-0.25, -0.2) is 14.2 Å². The van der Waals surface area contributed by atoms with Crippen LogP contribution in [0.4, 0.5) is 4.39 Å². The lowest BCUT2D eigenvalue weighted by atomic mass is 10.1. The van der Waals surface area contributed by atoms with E-state index in [1.807, 2.05) is 0 Å². The first-order valence-electron chi connectivity index (χ1n) is 5.78. The van der Waals surface area contributed by atoms with E-state index in [0.29, 0.717) is 13.0 Å². The molecule has 2 N–H and O–H groups in total. The maximum absolute atomic E-state index is 12.9. The van der Waals surface area contributed by atoms with Crippen LogP contribution in [0.5, 0.6) is 0 Å². The summed E-state index contributed by atoms with van der Waals surface area (Å²) in [5.41, 5.74) is 0.626. The second-order valence-corrected chi connectivity index (χ2v) is 4.84. The fourth-order valence-electron chi connectivity index (χ4n) is 1.56. The van der Waals surface area contributed by atoms with E-state index in [2.05, 4.69) is 10.3 Å². The van der Waals surface area contributed by atoms with Crippen LogP contribution in [0.3, 0.4) is 0 Å². The normalized spacial score (nSPS) is 10.2. The van der Waals surface area contributed by atoms with Crippen LogP contribution in [0, 0.1) is 5.82 Å². The highest BCUT2D eigenvalue weighted by Gasteiger charge is 2.14. The van der Waals surface area contributed by atoms with Crippen LogP contribution in [0.25, 0.3) is 0 Å². The van der Waals surface area contributed by atoms with Gasteiger partial charge in [-0.15, -0.1) is 11.3 Å². The lowest BCUT2D eigenvalue weighted by Crippen LogP contribution is -2.25. The number of nitrogens with one attached hydrogen (secondary N) is 1. The third kappa shape index (κ3) is 3.61. The van der Waals surface area contributed by atoms with Gasteiger partial charge in [0.25, 0.3) is 5.91 Å². The fraction of sp³-hybridized carbons (Fsp3) is 0.154. The Labute approximate surface area is 118 Å².